The predicted molar refractivity (Wildman–Crippen MR) is 95.7 cm³/mol. The molecule has 2 N–H and O–H groups in total. The van der Waals surface area contributed by atoms with Crippen LogP contribution in [0.1, 0.15) is 5.69 Å². The Hall–Kier alpha value is -2.31. The number of nitrogens with zero attached hydrogens (tertiary/aromatic N) is 4. The Kier molecular flexibility index (Phi) is 4.87. The van der Waals surface area contributed by atoms with E-state index >= 15 is 0 Å². The Labute approximate surface area is 145 Å². The summed E-state index contributed by atoms with van der Waals surface area (Å²) in [5, 5.41) is 21.5. The second-order valence-electron chi connectivity index (χ2n) is 5.65. The van der Waals surface area contributed by atoms with Gasteiger partial charge >= 0.3 is 0 Å². The molecular formula is C17H20ClN5O. The first-order chi connectivity index (χ1) is 11.6. The van der Waals surface area contributed by atoms with E-state index in [2.05, 4.69) is 15.5 Å². The SMILES string of the molecule is Cc1c(-c2ccn(-c3ccc(NCC(O)CCl)cc3)n2)cnn1C. The zero-order valence-electron chi connectivity index (χ0n) is 13.6. The lowest BCUT2D eigenvalue weighted by Gasteiger charge is -2.10. The second kappa shape index (κ2) is 7.07. The van der Waals surface area contributed by atoms with E-state index in [1.54, 1.807) is 0 Å². The van der Waals surface area contributed by atoms with E-state index in [0.29, 0.717) is 6.54 Å². The van der Waals surface area contributed by atoms with E-state index < -0.39 is 6.10 Å². The molecule has 1 unspecified atom stereocenters. The number of alkyl halides is 1. The van der Waals surface area contributed by atoms with Crippen molar-refractivity contribution in [2.24, 2.45) is 7.05 Å². The molecule has 1 aromatic carbocycles. The van der Waals surface area contributed by atoms with Gasteiger partial charge in [-0.2, -0.15) is 10.2 Å². The van der Waals surface area contributed by atoms with E-state index in [1.807, 2.05) is 66.1 Å². The minimum atomic E-state index is -0.553. The van der Waals surface area contributed by atoms with Crippen LogP contribution in [0.25, 0.3) is 16.9 Å². The fourth-order valence-corrected chi connectivity index (χ4v) is 2.49. The number of hydrogen-bond donors (Lipinski definition) is 2. The topological polar surface area (TPSA) is 67.9 Å². The lowest BCUT2D eigenvalue weighted by molar-refractivity contribution is 0.211. The first kappa shape index (κ1) is 16.5. The van der Waals surface area contributed by atoms with Crippen molar-refractivity contribution >= 4 is 17.3 Å². The highest BCUT2D eigenvalue weighted by Gasteiger charge is 2.10. The number of halogens is 1. The fourth-order valence-electron chi connectivity index (χ4n) is 2.38. The van der Waals surface area contributed by atoms with Gasteiger partial charge in [0.1, 0.15) is 0 Å². The summed E-state index contributed by atoms with van der Waals surface area (Å²) in [6.07, 6.45) is 3.21. The fraction of sp³-hybridized carbons (Fsp3) is 0.294. The standard InChI is InChI=1S/C17H20ClN5O/c1-12-16(11-20-22(12)2)17-7-8-23(21-17)14-5-3-13(4-6-14)19-10-15(24)9-18/h3-8,11,15,19,24H,9-10H2,1-2H3. The van der Waals surface area contributed by atoms with Crippen molar-refractivity contribution in [3.63, 3.8) is 0 Å². The van der Waals surface area contributed by atoms with Crippen LogP contribution in [0.4, 0.5) is 5.69 Å². The van der Waals surface area contributed by atoms with Crippen molar-refractivity contribution in [3.8, 4) is 16.9 Å². The van der Waals surface area contributed by atoms with Gasteiger partial charge in [0, 0.05) is 36.7 Å². The largest absolute Gasteiger partial charge is 0.390 e. The maximum Gasteiger partial charge on any atom is 0.0961 e. The summed E-state index contributed by atoms with van der Waals surface area (Å²) < 4.78 is 3.67. The van der Waals surface area contributed by atoms with Crippen LogP contribution >= 0.6 is 11.6 Å². The first-order valence-electron chi connectivity index (χ1n) is 7.71. The second-order valence-corrected chi connectivity index (χ2v) is 5.96. The van der Waals surface area contributed by atoms with E-state index in [4.69, 9.17) is 11.6 Å². The summed E-state index contributed by atoms with van der Waals surface area (Å²) in [5.74, 6) is 0.217. The molecule has 0 bridgehead atoms. The average Bonchev–Trinajstić information content (AvgIpc) is 3.21. The summed E-state index contributed by atoms with van der Waals surface area (Å²) >= 11 is 5.58. The molecule has 6 nitrogen and oxygen atoms in total. The Morgan fingerprint density at radius 1 is 1.25 bits per heavy atom. The summed E-state index contributed by atoms with van der Waals surface area (Å²) in [5.41, 5.74) is 4.90. The smallest absolute Gasteiger partial charge is 0.0961 e. The Balaban J connectivity index is 1.74. The highest BCUT2D eigenvalue weighted by Crippen LogP contribution is 2.22. The highest BCUT2D eigenvalue weighted by molar-refractivity contribution is 6.18. The average molecular weight is 346 g/mol. The molecule has 0 spiro atoms. The molecule has 2 heterocycles. The van der Waals surface area contributed by atoms with Gasteiger partial charge in [-0.05, 0) is 37.3 Å². The summed E-state index contributed by atoms with van der Waals surface area (Å²) in [7, 11) is 1.92. The maximum absolute atomic E-state index is 9.47. The maximum atomic E-state index is 9.47. The van der Waals surface area contributed by atoms with Crippen LogP contribution in [-0.2, 0) is 7.05 Å². The minimum Gasteiger partial charge on any atom is -0.390 e. The number of benzene rings is 1. The van der Waals surface area contributed by atoms with Crippen molar-refractivity contribution < 1.29 is 5.11 Å². The molecule has 1 atom stereocenters. The number of aromatic nitrogens is 4. The van der Waals surface area contributed by atoms with Crippen molar-refractivity contribution in [1.29, 1.82) is 0 Å². The lowest BCUT2D eigenvalue weighted by Crippen LogP contribution is -2.20. The first-order valence-corrected chi connectivity index (χ1v) is 8.25. The molecule has 0 radical (unpaired) electrons. The van der Waals surface area contributed by atoms with Crippen molar-refractivity contribution in [3.05, 3.63) is 48.4 Å². The van der Waals surface area contributed by atoms with Gasteiger partial charge in [-0.1, -0.05) is 0 Å². The number of rotatable bonds is 6. The number of nitrogens with one attached hydrogen (secondary N) is 1. The molecule has 0 aliphatic carbocycles. The third-order valence-corrected chi connectivity index (χ3v) is 4.31. The van der Waals surface area contributed by atoms with Gasteiger partial charge in [0.25, 0.3) is 0 Å². The van der Waals surface area contributed by atoms with E-state index in [9.17, 15) is 5.11 Å². The number of aliphatic hydroxyl groups excluding tert-OH is 1. The molecule has 0 fully saturated rings. The van der Waals surface area contributed by atoms with Gasteiger partial charge in [0.05, 0.1) is 29.6 Å². The predicted octanol–water partition coefficient (Wildman–Crippen LogP) is 2.59. The normalized spacial score (nSPS) is 12.3. The third kappa shape index (κ3) is 3.44. The summed E-state index contributed by atoms with van der Waals surface area (Å²) in [6.45, 7) is 2.45. The molecular weight excluding hydrogens is 326 g/mol. The molecule has 0 amide bonds. The van der Waals surface area contributed by atoms with Crippen LogP contribution in [-0.4, -0.2) is 43.2 Å². The molecule has 0 aliphatic heterocycles. The Morgan fingerprint density at radius 3 is 2.62 bits per heavy atom. The zero-order valence-corrected chi connectivity index (χ0v) is 14.4. The molecule has 3 rings (SSSR count). The van der Waals surface area contributed by atoms with Crippen molar-refractivity contribution in [1.82, 2.24) is 19.6 Å². The highest BCUT2D eigenvalue weighted by atomic mass is 35.5. The van der Waals surface area contributed by atoms with E-state index in [1.165, 1.54) is 0 Å². The molecule has 24 heavy (non-hydrogen) atoms. The third-order valence-electron chi connectivity index (χ3n) is 3.95. The van der Waals surface area contributed by atoms with Crippen molar-refractivity contribution in [2.75, 3.05) is 17.7 Å². The van der Waals surface area contributed by atoms with Gasteiger partial charge in [-0.3, -0.25) is 4.68 Å². The lowest BCUT2D eigenvalue weighted by atomic mass is 10.2. The molecule has 2 aromatic heterocycles. The number of hydrogen-bond acceptors (Lipinski definition) is 4. The monoisotopic (exact) mass is 345 g/mol. The molecule has 0 aliphatic rings. The van der Waals surface area contributed by atoms with Gasteiger partial charge in [-0.25, -0.2) is 4.68 Å². The van der Waals surface area contributed by atoms with Crippen LogP contribution < -0.4 is 5.32 Å². The quantitative estimate of drug-likeness (QED) is 0.674. The Morgan fingerprint density at radius 2 is 2.00 bits per heavy atom. The van der Waals surface area contributed by atoms with Crippen LogP contribution in [0.5, 0.6) is 0 Å². The van der Waals surface area contributed by atoms with Crippen molar-refractivity contribution in [2.45, 2.75) is 13.0 Å². The van der Waals surface area contributed by atoms with Gasteiger partial charge < -0.3 is 10.4 Å². The van der Waals surface area contributed by atoms with E-state index in [-0.39, 0.29) is 5.88 Å². The summed E-state index contributed by atoms with van der Waals surface area (Å²) in [6, 6.07) is 9.83. The minimum absolute atomic E-state index is 0.217. The molecule has 3 aromatic rings. The van der Waals surface area contributed by atoms with E-state index in [0.717, 1.165) is 28.3 Å². The number of aryl methyl sites for hydroxylation is 1. The van der Waals surface area contributed by atoms with Crippen LogP contribution in [0.3, 0.4) is 0 Å². The molecule has 0 saturated carbocycles. The van der Waals surface area contributed by atoms with Gasteiger partial charge in [0.15, 0.2) is 0 Å². The number of aliphatic hydroxyl groups is 1. The summed E-state index contributed by atoms with van der Waals surface area (Å²) in [4.78, 5) is 0. The number of anilines is 1. The Bertz CT molecular complexity index is 809. The van der Waals surface area contributed by atoms with Crippen LogP contribution in [0, 0.1) is 6.92 Å². The van der Waals surface area contributed by atoms with Gasteiger partial charge in [-0.15, -0.1) is 11.6 Å². The van der Waals surface area contributed by atoms with Crippen LogP contribution in [0.15, 0.2) is 42.7 Å². The van der Waals surface area contributed by atoms with Crippen LogP contribution in [0.2, 0.25) is 0 Å². The molecule has 126 valence electrons. The molecule has 0 saturated heterocycles. The zero-order chi connectivity index (χ0) is 17.1. The molecule has 7 heteroatoms. The van der Waals surface area contributed by atoms with Gasteiger partial charge in [0.2, 0.25) is 0 Å².